The van der Waals surface area contributed by atoms with E-state index in [0.717, 1.165) is 0 Å². The van der Waals surface area contributed by atoms with E-state index in [1.54, 1.807) is 12.1 Å². The molecule has 10 heteroatoms. The Bertz CT molecular complexity index is 986. The lowest BCUT2D eigenvalue weighted by atomic mass is 10.1. The van der Waals surface area contributed by atoms with Crippen molar-refractivity contribution in [3.8, 4) is 0 Å². The van der Waals surface area contributed by atoms with E-state index in [-0.39, 0.29) is 21.8 Å². The summed E-state index contributed by atoms with van der Waals surface area (Å²) in [4.78, 5) is 65.6. The zero-order valence-electron chi connectivity index (χ0n) is 14.8. The Kier molecular flexibility index (Phi) is 5.60. The molecule has 1 aliphatic heterocycles. The first-order valence-electron chi connectivity index (χ1n) is 8.32. The van der Waals surface area contributed by atoms with Gasteiger partial charge in [-0.25, -0.2) is 4.79 Å². The molecule has 29 heavy (non-hydrogen) atoms. The van der Waals surface area contributed by atoms with E-state index in [1.165, 1.54) is 36.4 Å². The summed E-state index contributed by atoms with van der Waals surface area (Å²) in [6.45, 7) is 0. The fraction of sp³-hybridized carbons (Fsp3) is 0.105. The summed E-state index contributed by atoms with van der Waals surface area (Å²) in [6, 6.07) is 10.2. The minimum absolute atomic E-state index is 0.0713. The number of imide groups is 1. The van der Waals surface area contributed by atoms with Crippen LogP contribution in [0.3, 0.4) is 0 Å². The van der Waals surface area contributed by atoms with Crippen LogP contribution in [-0.2, 0) is 14.4 Å². The number of amides is 4. The lowest BCUT2D eigenvalue weighted by Gasteiger charge is -2.19. The minimum Gasteiger partial charge on any atom is -0.370 e. The maximum atomic E-state index is 12.5. The molecule has 4 amide bonds. The van der Waals surface area contributed by atoms with Crippen LogP contribution in [-0.4, -0.2) is 40.7 Å². The number of fused-ring (bicyclic) bond motifs is 1. The topological polar surface area (TPSA) is 136 Å². The summed E-state index contributed by atoms with van der Waals surface area (Å²) in [7, 11) is 0. The van der Waals surface area contributed by atoms with Gasteiger partial charge in [-0.3, -0.25) is 19.2 Å². The van der Waals surface area contributed by atoms with Crippen molar-refractivity contribution in [3.63, 3.8) is 0 Å². The number of hydrogen-bond donors (Lipinski definition) is 2. The number of halogens is 1. The van der Waals surface area contributed by atoms with Gasteiger partial charge in [-0.15, -0.1) is 0 Å². The maximum Gasteiger partial charge on any atom is 0.355 e. The van der Waals surface area contributed by atoms with E-state index in [0.29, 0.717) is 5.02 Å². The average molecular weight is 416 g/mol. The summed E-state index contributed by atoms with van der Waals surface area (Å²) in [5.41, 5.74) is 5.44. The molecular formula is C19H14ClN3O6. The second-order valence-corrected chi connectivity index (χ2v) is 6.50. The van der Waals surface area contributed by atoms with E-state index in [2.05, 4.69) is 5.32 Å². The largest absolute Gasteiger partial charge is 0.370 e. The Morgan fingerprint density at radius 3 is 2.07 bits per heavy atom. The van der Waals surface area contributed by atoms with Crippen LogP contribution in [0, 0.1) is 0 Å². The first kappa shape index (κ1) is 20.0. The highest BCUT2D eigenvalue weighted by Gasteiger charge is 2.40. The zero-order chi connectivity index (χ0) is 21.1. The van der Waals surface area contributed by atoms with E-state index < -0.39 is 42.1 Å². The first-order valence-corrected chi connectivity index (χ1v) is 8.70. The number of carbonyl (C=O) groups is 5. The van der Waals surface area contributed by atoms with Crippen LogP contribution in [0.15, 0.2) is 48.5 Å². The van der Waals surface area contributed by atoms with Crippen LogP contribution in [0.5, 0.6) is 0 Å². The Balaban J connectivity index is 1.75. The number of nitrogens with two attached hydrogens (primary N) is 1. The van der Waals surface area contributed by atoms with E-state index in [4.69, 9.17) is 22.2 Å². The number of hydroxylamine groups is 2. The van der Waals surface area contributed by atoms with Gasteiger partial charge in [0.2, 0.25) is 5.91 Å². The summed E-state index contributed by atoms with van der Waals surface area (Å²) < 4.78 is 0. The molecule has 2 aromatic rings. The fourth-order valence-corrected chi connectivity index (χ4v) is 2.77. The number of carbonyl (C=O) groups excluding carboxylic acids is 5. The van der Waals surface area contributed by atoms with Crippen LogP contribution < -0.4 is 11.1 Å². The van der Waals surface area contributed by atoms with Crippen molar-refractivity contribution in [2.24, 2.45) is 5.73 Å². The quantitative estimate of drug-likeness (QED) is 0.677. The van der Waals surface area contributed by atoms with Gasteiger partial charge in [0.1, 0.15) is 6.04 Å². The average Bonchev–Trinajstić information content (AvgIpc) is 2.92. The van der Waals surface area contributed by atoms with Crippen molar-refractivity contribution in [2.45, 2.75) is 12.5 Å². The third-order valence-electron chi connectivity index (χ3n) is 4.04. The molecule has 1 atom stereocenters. The van der Waals surface area contributed by atoms with Gasteiger partial charge >= 0.3 is 5.97 Å². The molecule has 0 fully saturated rings. The lowest BCUT2D eigenvalue weighted by molar-refractivity contribution is -0.171. The van der Waals surface area contributed by atoms with Crippen LogP contribution in [0.2, 0.25) is 5.02 Å². The predicted octanol–water partition coefficient (Wildman–Crippen LogP) is 1.07. The summed E-state index contributed by atoms with van der Waals surface area (Å²) in [6.07, 6.45) is -0.596. The lowest BCUT2D eigenvalue weighted by Crippen LogP contribution is -2.47. The van der Waals surface area contributed by atoms with Crippen molar-refractivity contribution in [1.29, 1.82) is 0 Å². The van der Waals surface area contributed by atoms with Gasteiger partial charge in [0.15, 0.2) is 0 Å². The van der Waals surface area contributed by atoms with Crippen LogP contribution in [0.1, 0.15) is 37.5 Å². The number of hydrogen-bond acceptors (Lipinski definition) is 6. The van der Waals surface area contributed by atoms with Gasteiger partial charge in [-0.1, -0.05) is 28.8 Å². The van der Waals surface area contributed by atoms with Gasteiger partial charge in [0.05, 0.1) is 17.5 Å². The molecule has 1 unspecified atom stereocenters. The molecule has 1 aliphatic rings. The third kappa shape index (κ3) is 4.25. The molecule has 1 heterocycles. The first-order chi connectivity index (χ1) is 13.8. The number of nitrogens with one attached hydrogen (secondary N) is 1. The predicted molar refractivity (Wildman–Crippen MR) is 99.6 cm³/mol. The van der Waals surface area contributed by atoms with Crippen molar-refractivity contribution in [3.05, 3.63) is 70.2 Å². The highest BCUT2D eigenvalue weighted by molar-refractivity contribution is 6.30. The van der Waals surface area contributed by atoms with Crippen molar-refractivity contribution < 1.29 is 28.8 Å². The molecule has 0 radical (unpaired) electrons. The number of rotatable bonds is 6. The summed E-state index contributed by atoms with van der Waals surface area (Å²) >= 11 is 5.77. The molecule has 2 aromatic carbocycles. The number of nitrogens with zero attached hydrogens (tertiary/aromatic N) is 1. The molecule has 0 saturated heterocycles. The van der Waals surface area contributed by atoms with Crippen molar-refractivity contribution in [2.75, 3.05) is 0 Å². The summed E-state index contributed by atoms with van der Waals surface area (Å²) in [5, 5.41) is 2.99. The minimum atomic E-state index is -1.51. The SMILES string of the molecule is NC(=O)CC(NC(=O)c1ccc(Cl)cc1)C(=O)ON1C(=O)c2ccccc2C1=O. The number of benzene rings is 2. The van der Waals surface area contributed by atoms with Gasteiger partial charge in [-0.05, 0) is 36.4 Å². The number of primary amides is 1. The smallest absolute Gasteiger partial charge is 0.355 e. The Labute approximate surface area is 169 Å². The van der Waals surface area contributed by atoms with Gasteiger partial charge < -0.3 is 15.9 Å². The van der Waals surface area contributed by atoms with E-state index >= 15 is 0 Å². The second-order valence-electron chi connectivity index (χ2n) is 6.06. The Morgan fingerprint density at radius 1 is 1.00 bits per heavy atom. The molecule has 3 rings (SSSR count). The maximum absolute atomic E-state index is 12.5. The molecule has 0 spiro atoms. The third-order valence-corrected chi connectivity index (χ3v) is 4.29. The molecule has 148 valence electrons. The van der Waals surface area contributed by atoms with Gasteiger partial charge in [0.25, 0.3) is 17.7 Å². The van der Waals surface area contributed by atoms with Crippen LogP contribution in [0.25, 0.3) is 0 Å². The Hall–Kier alpha value is -3.72. The van der Waals surface area contributed by atoms with Crippen LogP contribution >= 0.6 is 11.6 Å². The monoisotopic (exact) mass is 415 g/mol. The molecule has 3 N–H and O–H groups in total. The summed E-state index contributed by atoms with van der Waals surface area (Å²) in [5.74, 6) is -4.46. The highest BCUT2D eigenvalue weighted by Crippen LogP contribution is 2.23. The van der Waals surface area contributed by atoms with Crippen LogP contribution in [0.4, 0.5) is 0 Å². The van der Waals surface area contributed by atoms with E-state index in [1.807, 2.05) is 0 Å². The molecule has 0 aromatic heterocycles. The normalized spacial score (nSPS) is 13.6. The second kappa shape index (κ2) is 8.11. The molecule has 0 saturated carbocycles. The molecule has 0 bridgehead atoms. The van der Waals surface area contributed by atoms with Crippen molar-refractivity contribution >= 4 is 41.2 Å². The van der Waals surface area contributed by atoms with Gasteiger partial charge in [-0.2, -0.15) is 0 Å². The van der Waals surface area contributed by atoms with Gasteiger partial charge in [0, 0.05) is 10.6 Å². The molecule has 9 nitrogen and oxygen atoms in total. The fourth-order valence-electron chi connectivity index (χ4n) is 2.64. The standard InChI is InChI=1S/C19H14ClN3O6/c20-11-7-5-10(6-8-11)16(25)22-14(9-15(21)24)19(28)29-23-17(26)12-3-1-2-4-13(12)18(23)27/h1-8,14H,9H2,(H2,21,24)(H,22,25). The van der Waals surface area contributed by atoms with E-state index in [9.17, 15) is 24.0 Å². The zero-order valence-corrected chi connectivity index (χ0v) is 15.5. The molecular weight excluding hydrogens is 402 g/mol. The Morgan fingerprint density at radius 2 is 1.55 bits per heavy atom. The van der Waals surface area contributed by atoms with Crippen molar-refractivity contribution in [1.82, 2.24) is 10.4 Å². The highest BCUT2D eigenvalue weighted by atomic mass is 35.5. The molecule has 0 aliphatic carbocycles.